The maximum Gasteiger partial charge on any atom is 0.305 e. The number of rotatable bonds is 17. The van der Waals surface area contributed by atoms with Gasteiger partial charge in [-0.25, -0.2) is 0 Å². The summed E-state index contributed by atoms with van der Waals surface area (Å²) in [6.45, 7) is 5.50. The van der Waals surface area contributed by atoms with Crippen molar-refractivity contribution in [2.75, 3.05) is 47.3 Å². The topological polar surface area (TPSA) is 54.0 Å². The molecule has 0 rings (SSSR count). The first-order valence-electron chi connectivity index (χ1n) is 8.95. The third-order valence-electron chi connectivity index (χ3n) is 3.67. The second-order valence-electron chi connectivity index (χ2n) is 5.92. The molecule has 0 aromatic carbocycles. The van der Waals surface area contributed by atoms with Gasteiger partial charge in [0.25, 0.3) is 0 Å². The molecule has 5 heteroatoms. The van der Waals surface area contributed by atoms with Crippen molar-refractivity contribution >= 4 is 5.97 Å². The zero-order valence-electron chi connectivity index (χ0n) is 15.3. The highest BCUT2D eigenvalue weighted by Gasteiger charge is 2.11. The normalized spacial score (nSPS) is 12.3. The summed E-state index contributed by atoms with van der Waals surface area (Å²) < 4.78 is 21.0. The average Bonchev–Trinajstić information content (AvgIpc) is 2.56. The predicted octanol–water partition coefficient (Wildman–Crippen LogP) is 3.60. The van der Waals surface area contributed by atoms with Gasteiger partial charge in [0.05, 0.1) is 13.2 Å². The van der Waals surface area contributed by atoms with Gasteiger partial charge in [-0.1, -0.05) is 26.2 Å². The SMILES string of the molecule is CCCCCOCCCCCC(=O)OCC(CCOC)COC. The molecule has 0 fully saturated rings. The van der Waals surface area contributed by atoms with Crippen LogP contribution in [0.3, 0.4) is 0 Å². The lowest BCUT2D eigenvalue weighted by atomic mass is 10.1. The van der Waals surface area contributed by atoms with Gasteiger partial charge < -0.3 is 18.9 Å². The van der Waals surface area contributed by atoms with Gasteiger partial charge >= 0.3 is 5.97 Å². The number of ether oxygens (including phenoxy) is 4. The zero-order valence-corrected chi connectivity index (χ0v) is 15.3. The van der Waals surface area contributed by atoms with E-state index >= 15 is 0 Å². The maximum absolute atomic E-state index is 11.7. The van der Waals surface area contributed by atoms with Gasteiger partial charge in [0.15, 0.2) is 0 Å². The highest BCUT2D eigenvalue weighted by Crippen LogP contribution is 2.07. The van der Waals surface area contributed by atoms with Crippen molar-refractivity contribution in [3.63, 3.8) is 0 Å². The Morgan fingerprint density at radius 3 is 2.26 bits per heavy atom. The quantitative estimate of drug-likeness (QED) is 0.301. The highest BCUT2D eigenvalue weighted by atomic mass is 16.5. The minimum atomic E-state index is -0.118. The lowest BCUT2D eigenvalue weighted by Gasteiger charge is -2.15. The lowest BCUT2D eigenvalue weighted by Crippen LogP contribution is -2.19. The van der Waals surface area contributed by atoms with E-state index in [9.17, 15) is 4.79 Å². The summed E-state index contributed by atoms with van der Waals surface area (Å²) >= 11 is 0. The van der Waals surface area contributed by atoms with Crippen LogP contribution in [0.4, 0.5) is 0 Å². The minimum Gasteiger partial charge on any atom is -0.465 e. The molecular weight excluding hydrogens is 296 g/mol. The van der Waals surface area contributed by atoms with Gasteiger partial charge in [0.1, 0.15) is 0 Å². The molecule has 0 aliphatic rings. The van der Waals surface area contributed by atoms with Crippen molar-refractivity contribution in [2.45, 2.75) is 58.3 Å². The molecule has 0 spiro atoms. The van der Waals surface area contributed by atoms with Crippen molar-refractivity contribution in [1.82, 2.24) is 0 Å². The molecule has 0 aliphatic heterocycles. The summed E-state index contributed by atoms with van der Waals surface area (Å²) in [6.07, 6.45) is 7.82. The average molecular weight is 332 g/mol. The largest absolute Gasteiger partial charge is 0.465 e. The van der Waals surface area contributed by atoms with Crippen LogP contribution in [0.15, 0.2) is 0 Å². The van der Waals surface area contributed by atoms with Gasteiger partial charge in [-0.2, -0.15) is 0 Å². The smallest absolute Gasteiger partial charge is 0.305 e. The summed E-state index contributed by atoms with van der Waals surface area (Å²) in [6, 6.07) is 0. The molecule has 1 unspecified atom stereocenters. The minimum absolute atomic E-state index is 0.118. The van der Waals surface area contributed by atoms with Crippen LogP contribution in [0.2, 0.25) is 0 Å². The van der Waals surface area contributed by atoms with E-state index in [0.29, 0.717) is 26.2 Å². The lowest BCUT2D eigenvalue weighted by molar-refractivity contribution is -0.145. The standard InChI is InChI=1S/C18H36O5/c1-4-5-8-12-22-13-9-6-7-10-18(19)23-16-17(15-21-3)11-14-20-2/h17H,4-16H2,1-3H3. The van der Waals surface area contributed by atoms with E-state index in [1.807, 2.05) is 0 Å². The Morgan fingerprint density at radius 1 is 0.870 bits per heavy atom. The summed E-state index contributed by atoms with van der Waals surface area (Å²) in [4.78, 5) is 11.7. The molecule has 1 atom stereocenters. The monoisotopic (exact) mass is 332 g/mol. The molecule has 0 saturated carbocycles. The van der Waals surface area contributed by atoms with E-state index < -0.39 is 0 Å². The summed E-state index contributed by atoms with van der Waals surface area (Å²) in [5.74, 6) is 0.0906. The Hall–Kier alpha value is -0.650. The number of hydrogen-bond donors (Lipinski definition) is 0. The van der Waals surface area contributed by atoms with E-state index in [1.54, 1.807) is 14.2 Å². The second kappa shape index (κ2) is 17.7. The molecule has 5 nitrogen and oxygen atoms in total. The number of unbranched alkanes of at least 4 members (excludes halogenated alkanes) is 4. The molecule has 0 aliphatic carbocycles. The number of carbonyl (C=O) groups excluding carboxylic acids is 1. The first-order valence-corrected chi connectivity index (χ1v) is 8.95. The van der Waals surface area contributed by atoms with E-state index in [-0.39, 0.29) is 11.9 Å². The molecule has 0 bridgehead atoms. The van der Waals surface area contributed by atoms with Crippen molar-refractivity contribution in [2.24, 2.45) is 5.92 Å². The molecule has 0 aromatic heterocycles. The number of methoxy groups -OCH3 is 2. The molecule has 0 aromatic rings. The Morgan fingerprint density at radius 2 is 1.61 bits per heavy atom. The predicted molar refractivity (Wildman–Crippen MR) is 91.6 cm³/mol. The first kappa shape index (κ1) is 22.4. The van der Waals surface area contributed by atoms with Crippen LogP contribution in [0.25, 0.3) is 0 Å². The van der Waals surface area contributed by atoms with Crippen LogP contribution in [-0.4, -0.2) is 53.2 Å². The van der Waals surface area contributed by atoms with Crippen LogP contribution < -0.4 is 0 Å². The molecule has 0 heterocycles. The molecular formula is C18H36O5. The summed E-state index contributed by atoms with van der Waals surface area (Å²) in [7, 11) is 3.33. The van der Waals surface area contributed by atoms with Crippen LogP contribution in [0, 0.1) is 5.92 Å². The fraction of sp³-hybridized carbons (Fsp3) is 0.944. The summed E-state index contributed by atoms with van der Waals surface area (Å²) in [5.41, 5.74) is 0. The summed E-state index contributed by atoms with van der Waals surface area (Å²) in [5, 5.41) is 0. The molecule has 0 saturated heterocycles. The van der Waals surface area contributed by atoms with Crippen molar-refractivity contribution in [3.05, 3.63) is 0 Å². The van der Waals surface area contributed by atoms with Gasteiger partial charge in [-0.3, -0.25) is 4.79 Å². The number of carbonyl (C=O) groups is 1. The third kappa shape index (κ3) is 16.0. The molecule has 0 N–H and O–H groups in total. The Kier molecular flexibility index (Phi) is 17.2. The van der Waals surface area contributed by atoms with Crippen LogP contribution in [0.1, 0.15) is 58.3 Å². The van der Waals surface area contributed by atoms with Gasteiger partial charge in [-0.05, 0) is 25.7 Å². The van der Waals surface area contributed by atoms with Crippen molar-refractivity contribution < 1.29 is 23.7 Å². The van der Waals surface area contributed by atoms with Gasteiger partial charge in [0.2, 0.25) is 0 Å². The Balaban J connectivity index is 3.47. The van der Waals surface area contributed by atoms with Crippen molar-refractivity contribution in [1.29, 1.82) is 0 Å². The van der Waals surface area contributed by atoms with Gasteiger partial charge in [0, 0.05) is 46.4 Å². The van der Waals surface area contributed by atoms with Crippen molar-refractivity contribution in [3.8, 4) is 0 Å². The Labute approximate surface area is 142 Å². The second-order valence-corrected chi connectivity index (χ2v) is 5.92. The Bertz CT molecular complexity index is 258. The fourth-order valence-corrected chi connectivity index (χ4v) is 2.22. The van der Waals surface area contributed by atoms with Crippen LogP contribution in [0.5, 0.6) is 0 Å². The van der Waals surface area contributed by atoms with E-state index in [0.717, 1.165) is 45.3 Å². The van der Waals surface area contributed by atoms with E-state index in [1.165, 1.54) is 12.8 Å². The molecule has 23 heavy (non-hydrogen) atoms. The van der Waals surface area contributed by atoms with Crippen LogP contribution in [-0.2, 0) is 23.7 Å². The molecule has 0 amide bonds. The zero-order chi connectivity index (χ0) is 17.2. The maximum atomic E-state index is 11.7. The fourth-order valence-electron chi connectivity index (χ4n) is 2.22. The molecule has 138 valence electrons. The van der Waals surface area contributed by atoms with Gasteiger partial charge in [-0.15, -0.1) is 0 Å². The van der Waals surface area contributed by atoms with Crippen LogP contribution >= 0.6 is 0 Å². The molecule has 0 radical (unpaired) electrons. The number of hydrogen-bond acceptors (Lipinski definition) is 5. The van der Waals surface area contributed by atoms with E-state index in [4.69, 9.17) is 18.9 Å². The third-order valence-corrected chi connectivity index (χ3v) is 3.67. The number of esters is 1. The highest BCUT2D eigenvalue weighted by molar-refractivity contribution is 5.69. The van der Waals surface area contributed by atoms with E-state index in [2.05, 4.69) is 6.92 Å². The first-order chi connectivity index (χ1) is 11.2.